The van der Waals surface area contributed by atoms with Crippen molar-refractivity contribution in [2.45, 2.75) is 45.1 Å². The quantitative estimate of drug-likeness (QED) is 0.784. The van der Waals surface area contributed by atoms with Gasteiger partial charge in [0.25, 0.3) is 0 Å². The van der Waals surface area contributed by atoms with Crippen LogP contribution < -0.4 is 10.6 Å². The van der Waals surface area contributed by atoms with E-state index in [1.165, 1.54) is 0 Å². The van der Waals surface area contributed by atoms with E-state index in [9.17, 15) is 4.79 Å². The molecule has 0 radical (unpaired) electrons. The Morgan fingerprint density at radius 1 is 1.45 bits per heavy atom. The van der Waals surface area contributed by atoms with Crippen LogP contribution in [-0.4, -0.2) is 33.6 Å². The molecule has 1 fully saturated rings. The van der Waals surface area contributed by atoms with Crippen molar-refractivity contribution >= 4 is 11.8 Å². The van der Waals surface area contributed by atoms with E-state index in [1.807, 2.05) is 20.0 Å². The molecule has 1 aliphatic rings. The predicted octanol–water partition coefficient (Wildman–Crippen LogP) is 1.66. The Balaban J connectivity index is 1.82. The van der Waals surface area contributed by atoms with E-state index >= 15 is 0 Å². The molecule has 1 aliphatic carbocycles. The average Bonchev–Trinajstić information content (AvgIpc) is 2.80. The molecule has 0 aromatic carbocycles. The molecule has 1 aromatic rings. The highest BCUT2D eigenvalue weighted by Gasteiger charge is 2.22. The summed E-state index contributed by atoms with van der Waals surface area (Å²) in [6, 6.07) is 1.92. The number of aryl methyl sites for hydroxylation is 2. The fourth-order valence-corrected chi connectivity index (χ4v) is 2.64. The zero-order valence-electron chi connectivity index (χ0n) is 12.2. The Morgan fingerprint density at radius 2 is 2.15 bits per heavy atom. The van der Waals surface area contributed by atoms with Gasteiger partial charge in [-0.1, -0.05) is 6.92 Å². The summed E-state index contributed by atoms with van der Waals surface area (Å²) >= 11 is 0. The molecule has 0 bridgehead atoms. The zero-order valence-corrected chi connectivity index (χ0v) is 12.2. The van der Waals surface area contributed by atoms with Gasteiger partial charge in [0.05, 0.1) is 5.69 Å². The van der Waals surface area contributed by atoms with Gasteiger partial charge in [-0.15, -0.1) is 0 Å². The van der Waals surface area contributed by atoms with Crippen molar-refractivity contribution in [1.82, 2.24) is 15.1 Å². The summed E-state index contributed by atoms with van der Waals surface area (Å²) in [4.78, 5) is 12.0. The molecule has 1 heterocycles. The Labute approximate surface area is 119 Å². The largest absolute Gasteiger partial charge is 0.396 e. The second-order valence-electron chi connectivity index (χ2n) is 5.50. The zero-order chi connectivity index (χ0) is 14.5. The number of aliphatic hydroxyl groups excluding tert-OH is 1. The molecule has 6 nitrogen and oxygen atoms in total. The second kappa shape index (κ2) is 6.74. The van der Waals surface area contributed by atoms with Gasteiger partial charge in [0.2, 0.25) is 0 Å². The number of nitrogens with zero attached hydrogens (tertiary/aromatic N) is 2. The van der Waals surface area contributed by atoms with E-state index in [-0.39, 0.29) is 18.7 Å². The van der Waals surface area contributed by atoms with E-state index < -0.39 is 0 Å². The molecule has 0 spiro atoms. The van der Waals surface area contributed by atoms with Gasteiger partial charge in [0.15, 0.2) is 0 Å². The lowest BCUT2D eigenvalue weighted by atomic mass is 9.87. The molecule has 0 atom stereocenters. The Bertz CT molecular complexity index is 450. The van der Waals surface area contributed by atoms with E-state index in [4.69, 9.17) is 5.11 Å². The first-order valence-electron chi connectivity index (χ1n) is 7.33. The highest BCUT2D eigenvalue weighted by molar-refractivity contribution is 5.88. The minimum absolute atomic E-state index is 0.178. The number of carbonyl (C=O) groups excluding carboxylic acids is 1. The number of hydrogen-bond acceptors (Lipinski definition) is 3. The number of urea groups is 1. The average molecular weight is 280 g/mol. The first-order chi connectivity index (χ1) is 9.62. The third-order valence-electron chi connectivity index (χ3n) is 3.97. The molecule has 20 heavy (non-hydrogen) atoms. The van der Waals surface area contributed by atoms with Crippen molar-refractivity contribution in [1.29, 1.82) is 0 Å². The minimum Gasteiger partial charge on any atom is -0.396 e. The summed E-state index contributed by atoms with van der Waals surface area (Å²) in [5.41, 5.74) is 0.964. The number of nitrogens with one attached hydrogen (secondary N) is 2. The third kappa shape index (κ3) is 3.72. The molecule has 0 saturated heterocycles. The summed E-state index contributed by atoms with van der Waals surface area (Å²) in [6.07, 6.45) is 4.68. The van der Waals surface area contributed by atoms with Crippen molar-refractivity contribution in [3.8, 4) is 0 Å². The molecule has 1 aromatic heterocycles. The van der Waals surface area contributed by atoms with E-state index in [1.54, 1.807) is 4.68 Å². The van der Waals surface area contributed by atoms with Gasteiger partial charge in [0, 0.05) is 25.8 Å². The lowest BCUT2D eigenvalue weighted by Crippen LogP contribution is -2.40. The van der Waals surface area contributed by atoms with Crippen LogP contribution in [0.2, 0.25) is 0 Å². The lowest BCUT2D eigenvalue weighted by Gasteiger charge is -2.27. The Hall–Kier alpha value is -1.56. The molecule has 0 unspecified atom stereocenters. The van der Waals surface area contributed by atoms with Gasteiger partial charge < -0.3 is 10.4 Å². The van der Waals surface area contributed by atoms with Crippen molar-refractivity contribution in [2.75, 3.05) is 11.9 Å². The fourth-order valence-electron chi connectivity index (χ4n) is 2.64. The van der Waals surface area contributed by atoms with Crippen LogP contribution in [0.4, 0.5) is 10.6 Å². The predicted molar refractivity (Wildman–Crippen MR) is 77.6 cm³/mol. The fraction of sp³-hybridized carbons (Fsp3) is 0.714. The van der Waals surface area contributed by atoms with Crippen molar-refractivity contribution < 1.29 is 9.90 Å². The first kappa shape index (κ1) is 14.8. The maximum atomic E-state index is 12.0. The highest BCUT2D eigenvalue weighted by Crippen LogP contribution is 2.23. The number of aliphatic hydroxyl groups is 1. The molecular weight excluding hydrogens is 256 g/mol. The van der Waals surface area contributed by atoms with Crippen LogP contribution in [0.15, 0.2) is 6.07 Å². The molecule has 1 saturated carbocycles. The Kier molecular flexibility index (Phi) is 5.00. The molecular formula is C14H24N4O2. The lowest BCUT2D eigenvalue weighted by molar-refractivity contribution is 0.176. The number of amides is 2. The van der Waals surface area contributed by atoms with Crippen LogP contribution in [0.5, 0.6) is 0 Å². The highest BCUT2D eigenvalue weighted by atomic mass is 16.3. The number of hydrogen-bond donors (Lipinski definition) is 3. The van der Waals surface area contributed by atoms with Crippen molar-refractivity contribution in [2.24, 2.45) is 13.0 Å². The topological polar surface area (TPSA) is 79.2 Å². The molecule has 112 valence electrons. The summed E-state index contributed by atoms with van der Waals surface area (Å²) in [6.45, 7) is 2.29. The van der Waals surface area contributed by atoms with Crippen LogP contribution in [0.3, 0.4) is 0 Å². The summed E-state index contributed by atoms with van der Waals surface area (Å²) in [5, 5.41) is 19.2. The summed E-state index contributed by atoms with van der Waals surface area (Å²) in [5.74, 6) is 1.11. The molecule has 6 heteroatoms. The monoisotopic (exact) mass is 280 g/mol. The second-order valence-corrected chi connectivity index (χ2v) is 5.50. The third-order valence-corrected chi connectivity index (χ3v) is 3.97. The van der Waals surface area contributed by atoms with Crippen molar-refractivity contribution in [3.63, 3.8) is 0 Å². The number of rotatable bonds is 4. The van der Waals surface area contributed by atoms with E-state index in [0.717, 1.165) is 37.8 Å². The minimum atomic E-state index is -0.178. The maximum Gasteiger partial charge on any atom is 0.320 e. The van der Waals surface area contributed by atoms with Crippen LogP contribution in [-0.2, 0) is 13.5 Å². The molecule has 3 N–H and O–H groups in total. The normalized spacial score (nSPS) is 22.6. The van der Waals surface area contributed by atoms with Gasteiger partial charge in [-0.05, 0) is 38.0 Å². The van der Waals surface area contributed by atoms with Crippen LogP contribution in [0.1, 0.15) is 38.3 Å². The van der Waals surface area contributed by atoms with Gasteiger partial charge in [-0.25, -0.2) is 4.79 Å². The number of anilines is 1. The number of aromatic nitrogens is 2. The van der Waals surface area contributed by atoms with Crippen molar-refractivity contribution in [3.05, 3.63) is 11.8 Å². The molecule has 2 amide bonds. The standard InChI is InChI=1S/C14H24N4O2/c1-3-11-8-13(18(2)17-11)16-14(20)15-12-6-4-10(9-19)5-7-12/h8,10,12,19H,3-7,9H2,1-2H3,(H2,15,16,20). The molecule has 0 aliphatic heterocycles. The Morgan fingerprint density at radius 3 is 2.70 bits per heavy atom. The smallest absolute Gasteiger partial charge is 0.320 e. The summed E-state index contributed by atoms with van der Waals surface area (Å²) < 4.78 is 1.68. The van der Waals surface area contributed by atoms with Gasteiger partial charge in [-0.2, -0.15) is 5.10 Å². The van der Waals surface area contributed by atoms with Crippen LogP contribution in [0, 0.1) is 5.92 Å². The maximum absolute atomic E-state index is 12.0. The van der Waals surface area contributed by atoms with Gasteiger partial charge in [-0.3, -0.25) is 10.00 Å². The first-order valence-corrected chi connectivity index (χ1v) is 7.33. The SMILES string of the molecule is CCc1cc(NC(=O)NC2CCC(CO)CC2)n(C)n1. The number of carbonyl (C=O) groups is 1. The van der Waals surface area contributed by atoms with Crippen LogP contribution >= 0.6 is 0 Å². The van der Waals surface area contributed by atoms with E-state index in [0.29, 0.717) is 11.7 Å². The van der Waals surface area contributed by atoms with Crippen LogP contribution in [0.25, 0.3) is 0 Å². The van der Waals surface area contributed by atoms with Gasteiger partial charge in [0.1, 0.15) is 5.82 Å². The summed E-state index contributed by atoms with van der Waals surface area (Å²) in [7, 11) is 1.82. The van der Waals surface area contributed by atoms with Gasteiger partial charge >= 0.3 is 6.03 Å². The molecule has 2 rings (SSSR count). The van der Waals surface area contributed by atoms with E-state index in [2.05, 4.69) is 15.7 Å².